The minimum atomic E-state index is -1.03. The molecule has 21 heavy (non-hydrogen) atoms. The maximum absolute atomic E-state index is 11.7. The number of amides is 2. The highest BCUT2D eigenvalue weighted by Crippen LogP contribution is 2.13. The average Bonchev–Trinajstić information content (AvgIpc) is 2.47. The summed E-state index contributed by atoms with van der Waals surface area (Å²) in [5, 5.41) is 15.3. The highest BCUT2D eigenvalue weighted by Gasteiger charge is 2.16. The first-order valence-electron chi connectivity index (χ1n) is 7.14. The molecule has 2 atom stereocenters. The topological polar surface area (TPSA) is 78.4 Å². The van der Waals surface area contributed by atoms with Gasteiger partial charge in [-0.3, -0.25) is 4.21 Å². The quantitative estimate of drug-likeness (QED) is 0.723. The van der Waals surface area contributed by atoms with Crippen molar-refractivity contribution in [1.82, 2.24) is 5.32 Å². The smallest absolute Gasteiger partial charge is 0.319 e. The molecule has 0 bridgehead atoms. The lowest BCUT2D eigenvalue weighted by Gasteiger charge is -2.20. The van der Waals surface area contributed by atoms with E-state index in [1.54, 1.807) is 30.5 Å². The van der Waals surface area contributed by atoms with Gasteiger partial charge in [-0.2, -0.15) is 0 Å². The van der Waals surface area contributed by atoms with E-state index in [1.807, 2.05) is 13.8 Å². The Labute approximate surface area is 128 Å². The fourth-order valence-corrected chi connectivity index (χ4v) is 2.62. The van der Waals surface area contributed by atoms with Crippen LogP contribution in [0, 0.1) is 5.92 Å². The number of rotatable bonds is 7. The maximum atomic E-state index is 11.7. The van der Waals surface area contributed by atoms with E-state index in [2.05, 4.69) is 10.6 Å². The molecule has 0 aliphatic rings. The van der Waals surface area contributed by atoms with Crippen molar-refractivity contribution in [3.8, 4) is 0 Å². The molecular formula is C15H24N2O3S. The number of carbonyl (C=O) groups is 1. The van der Waals surface area contributed by atoms with Crippen LogP contribution >= 0.6 is 0 Å². The van der Waals surface area contributed by atoms with Crippen LogP contribution in [0.4, 0.5) is 10.5 Å². The van der Waals surface area contributed by atoms with E-state index >= 15 is 0 Å². The second-order valence-corrected chi connectivity index (χ2v) is 6.34. The zero-order valence-electron chi connectivity index (χ0n) is 12.8. The van der Waals surface area contributed by atoms with Gasteiger partial charge in [0.25, 0.3) is 0 Å². The lowest BCUT2D eigenvalue weighted by atomic mass is 9.97. The first-order valence-corrected chi connectivity index (χ1v) is 8.70. The summed E-state index contributed by atoms with van der Waals surface area (Å²) in [6, 6.07) is 6.47. The van der Waals surface area contributed by atoms with E-state index in [1.165, 1.54) is 0 Å². The third-order valence-corrected chi connectivity index (χ3v) is 4.44. The Hall–Kier alpha value is -1.40. The van der Waals surface area contributed by atoms with Crippen molar-refractivity contribution >= 4 is 22.5 Å². The number of hydrogen-bond acceptors (Lipinski definition) is 3. The number of urea groups is 1. The Balaban J connectivity index is 2.45. The summed E-state index contributed by atoms with van der Waals surface area (Å²) in [5.74, 6) is 0.198. The van der Waals surface area contributed by atoms with E-state index < -0.39 is 16.9 Å². The van der Waals surface area contributed by atoms with E-state index in [-0.39, 0.29) is 18.5 Å². The van der Waals surface area contributed by atoms with Crippen molar-refractivity contribution in [2.75, 3.05) is 18.1 Å². The normalized spacial score (nSPS) is 13.8. The third kappa shape index (κ3) is 5.85. The first kappa shape index (κ1) is 17.7. The van der Waals surface area contributed by atoms with Gasteiger partial charge >= 0.3 is 6.03 Å². The summed E-state index contributed by atoms with van der Waals surface area (Å²) in [6.45, 7) is 4.28. The third-order valence-electron chi connectivity index (χ3n) is 3.51. The Bertz CT molecular complexity index is 472. The summed E-state index contributed by atoms with van der Waals surface area (Å²) >= 11 is 0. The molecule has 1 aromatic rings. The molecule has 0 aromatic heterocycles. The number of carbonyl (C=O) groups excluding carboxylic acids is 1. The van der Waals surface area contributed by atoms with E-state index in [0.717, 1.165) is 12.8 Å². The molecule has 5 nitrogen and oxygen atoms in total. The molecule has 2 amide bonds. The Morgan fingerprint density at radius 1 is 1.24 bits per heavy atom. The van der Waals surface area contributed by atoms with Gasteiger partial charge in [-0.25, -0.2) is 4.79 Å². The van der Waals surface area contributed by atoms with Gasteiger partial charge in [0.05, 0.1) is 6.10 Å². The van der Waals surface area contributed by atoms with Crippen molar-refractivity contribution in [3.05, 3.63) is 24.3 Å². The molecule has 0 saturated heterocycles. The minimum Gasteiger partial charge on any atom is -0.391 e. The highest BCUT2D eigenvalue weighted by atomic mass is 32.2. The summed E-state index contributed by atoms with van der Waals surface area (Å²) < 4.78 is 11.3. The second-order valence-electron chi connectivity index (χ2n) is 4.96. The van der Waals surface area contributed by atoms with Crippen LogP contribution in [0.1, 0.15) is 26.7 Å². The number of aliphatic hydroxyl groups excluding tert-OH is 1. The van der Waals surface area contributed by atoms with Crippen LogP contribution in [0.2, 0.25) is 0 Å². The van der Waals surface area contributed by atoms with Gasteiger partial charge in [0.15, 0.2) is 0 Å². The minimum absolute atomic E-state index is 0.198. The Morgan fingerprint density at radius 2 is 1.81 bits per heavy atom. The van der Waals surface area contributed by atoms with Gasteiger partial charge in [-0.1, -0.05) is 26.7 Å². The standard InChI is InChI=1S/C15H24N2O3S/c1-4-11(5-2)14(18)10-16-15(19)17-12-6-8-13(9-7-12)21(3)20/h6-9,11,14,18H,4-5,10H2,1-3H3,(H2,16,17,19). The Morgan fingerprint density at radius 3 is 2.29 bits per heavy atom. The largest absolute Gasteiger partial charge is 0.391 e. The van der Waals surface area contributed by atoms with E-state index in [4.69, 9.17) is 0 Å². The van der Waals surface area contributed by atoms with Crippen molar-refractivity contribution in [3.63, 3.8) is 0 Å². The second kappa shape index (κ2) is 8.79. The number of hydrogen-bond donors (Lipinski definition) is 3. The Kier molecular flexibility index (Phi) is 7.39. The van der Waals surface area contributed by atoms with E-state index in [9.17, 15) is 14.1 Å². The summed E-state index contributed by atoms with van der Waals surface area (Å²) in [5.41, 5.74) is 0.624. The highest BCUT2D eigenvalue weighted by molar-refractivity contribution is 7.84. The molecule has 0 heterocycles. The van der Waals surface area contributed by atoms with Crippen LogP contribution in [0.3, 0.4) is 0 Å². The molecular weight excluding hydrogens is 288 g/mol. The summed E-state index contributed by atoms with van der Waals surface area (Å²) in [4.78, 5) is 12.5. The van der Waals surface area contributed by atoms with Crippen LogP contribution in [-0.2, 0) is 10.8 Å². The van der Waals surface area contributed by atoms with Gasteiger partial charge < -0.3 is 15.7 Å². The number of aliphatic hydroxyl groups is 1. The van der Waals surface area contributed by atoms with Gasteiger partial charge in [0, 0.05) is 34.2 Å². The molecule has 0 spiro atoms. The van der Waals surface area contributed by atoms with Gasteiger partial charge in [-0.15, -0.1) is 0 Å². The van der Waals surface area contributed by atoms with Crippen LogP contribution in [0.25, 0.3) is 0 Å². The molecule has 6 heteroatoms. The molecule has 0 aliphatic heterocycles. The maximum Gasteiger partial charge on any atom is 0.319 e. The van der Waals surface area contributed by atoms with Crippen molar-refractivity contribution in [1.29, 1.82) is 0 Å². The molecule has 0 radical (unpaired) electrons. The lowest BCUT2D eigenvalue weighted by molar-refractivity contribution is 0.104. The van der Waals surface area contributed by atoms with Crippen LogP contribution in [0.15, 0.2) is 29.2 Å². The SMILES string of the molecule is CCC(CC)C(O)CNC(=O)Nc1ccc(S(C)=O)cc1. The number of anilines is 1. The fraction of sp³-hybridized carbons (Fsp3) is 0.533. The lowest BCUT2D eigenvalue weighted by Crippen LogP contribution is -2.38. The number of nitrogens with one attached hydrogen (secondary N) is 2. The molecule has 0 fully saturated rings. The van der Waals surface area contributed by atoms with E-state index in [0.29, 0.717) is 10.6 Å². The van der Waals surface area contributed by atoms with Gasteiger partial charge in [-0.05, 0) is 30.2 Å². The van der Waals surface area contributed by atoms with Crippen molar-refractivity contribution < 1.29 is 14.1 Å². The summed E-state index contributed by atoms with van der Waals surface area (Å²) in [6.07, 6.45) is 2.84. The monoisotopic (exact) mass is 312 g/mol. The molecule has 2 unspecified atom stereocenters. The summed E-state index contributed by atoms with van der Waals surface area (Å²) in [7, 11) is -1.03. The molecule has 3 N–H and O–H groups in total. The zero-order valence-corrected chi connectivity index (χ0v) is 13.6. The predicted molar refractivity (Wildman–Crippen MR) is 85.9 cm³/mol. The van der Waals surface area contributed by atoms with Gasteiger partial charge in [0.2, 0.25) is 0 Å². The fourth-order valence-electron chi connectivity index (χ4n) is 2.10. The molecule has 0 saturated carbocycles. The first-order chi connectivity index (χ1) is 9.97. The molecule has 1 rings (SSSR count). The average molecular weight is 312 g/mol. The predicted octanol–water partition coefficient (Wildman–Crippen LogP) is 2.34. The van der Waals surface area contributed by atoms with Crippen LogP contribution in [0.5, 0.6) is 0 Å². The van der Waals surface area contributed by atoms with Crippen molar-refractivity contribution in [2.24, 2.45) is 5.92 Å². The zero-order chi connectivity index (χ0) is 15.8. The number of benzene rings is 1. The molecule has 1 aromatic carbocycles. The molecule has 118 valence electrons. The van der Waals surface area contributed by atoms with Crippen molar-refractivity contribution in [2.45, 2.75) is 37.7 Å². The van der Waals surface area contributed by atoms with Crippen LogP contribution in [-0.4, -0.2) is 34.3 Å². The van der Waals surface area contributed by atoms with Gasteiger partial charge in [0.1, 0.15) is 0 Å². The van der Waals surface area contributed by atoms with Crippen LogP contribution < -0.4 is 10.6 Å². The molecule has 0 aliphatic carbocycles.